The van der Waals surface area contributed by atoms with Gasteiger partial charge in [0, 0.05) is 19.6 Å². The van der Waals surface area contributed by atoms with Gasteiger partial charge in [0.2, 0.25) is 0 Å². The number of carbonyl (C=O) groups is 1. The van der Waals surface area contributed by atoms with E-state index in [-0.39, 0.29) is 25.6 Å². The topological polar surface area (TPSA) is 87.2 Å². The molecule has 2 rings (SSSR count). The van der Waals surface area contributed by atoms with Crippen LogP contribution in [-0.2, 0) is 19.7 Å². The lowest BCUT2D eigenvalue weighted by atomic mass is 9.96. The largest absolute Gasteiger partial charge is 0.481 e. The molecule has 0 spiro atoms. The van der Waals surface area contributed by atoms with E-state index in [0.717, 1.165) is 32.1 Å². The number of ether oxygens (including phenoxy) is 1. The van der Waals surface area contributed by atoms with Crippen molar-refractivity contribution >= 4 is 16.2 Å². The van der Waals surface area contributed by atoms with E-state index in [1.165, 1.54) is 8.61 Å². The highest BCUT2D eigenvalue weighted by atomic mass is 32.2. The van der Waals surface area contributed by atoms with Gasteiger partial charge in [0.1, 0.15) is 0 Å². The molecule has 1 N–H and O–H groups in total. The minimum Gasteiger partial charge on any atom is -0.481 e. The highest BCUT2D eigenvalue weighted by Gasteiger charge is 2.39. The summed E-state index contributed by atoms with van der Waals surface area (Å²) in [6.45, 7) is 0.676. The van der Waals surface area contributed by atoms with Crippen LogP contribution in [-0.4, -0.2) is 67.0 Å². The normalized spacial score (nSPS) is 26.1. The van der Waals surface area contributed by atoms with Gasteiger partial charge >= 0.3 is 5.97 Å². The minimum absolute atomic E-state index is 0.0251. The van der Waals surface area contributed by atoms with Crippen LogP contribution >= 0.6 is 0 Å². The maximum atomic E-state index is 12.8. The van der Waals surface area contributed by atoms with Crippen molar-refractivity contribution < 1.29 is 23.1 Å². The van der Waals surface area contributed by atoms with Crippen molar-refractivity contribution in [1.82, 2.24) is 8.61 Å². The van der Waals surface area contributed by atoms with Crippen LogP contribution in [0.15, 0.2) is 0 Å². The molecule has 0 aromatic rings. The van der Waals surface area contributed by atoms with Gasteiger partial charge in [-0.2, -0.15) is 17.0 Å². The lowest BCUT2D eigenvalue weighted by Gasteiger charge is -2.39. The van der Waals surface area contributed by atoms with Crippen molar-refractivity contribution in [2.24, 2.45) is 0 Å². The Labute approximate surface area is 126 Å². The first-order chi connectivity index (χ1) is 9.93. The molecule has 1 aliphatic carbocycles. The van der Waals surface area contributed by atoms with Crippen LogP contribution in [0.4, 0.5) is 0 Å². The predicted octanol–water partition coefficient (Wildman–Crippen LogP) is 0.671. The smallest absolute Gasteiger partial charge is 0.305 e. The van der Waals surface area contributed by atoms with Crippen molar-refractivity contribution in [2.45, 2.75) is 50.6 Å². The minimum atomic E-state index is -3.63. The van der Waals surface area contributed by atoms with E-state index in [4.69, 9.17) is 9.84 Å². The summed E-state index contributed by atoms with van der Waals surface area (Å²) in [5, 5.41) is 8.95. The summed E-state index contributed by atoms with van der Waals surface area (Å²) in [4.78, 5) is 10.9. The van der Waals surface area contributed by atoms with Crippen LogP contribution in [0.2, 0.25) is 0 Å². The van der Waals surface area contributed by atoms with E-state index in [0.29, 0.717) is 6.61 Å². The van der Waals surface area contributed by atoms with Gasteiger partial charge in [0.15, 0.2) is 0 Å². The molecule has 8 heteroatoms. The standard InChI is InChI=1S/C13H24N2O5S/c1-14(11-5-3-2-4-6-11)21(18,19)15-7-8-20-10-12(15)9-13(16)17/h11-12H,2-10H2,1H3,(H,16,17). The lowest BCUT2D eigenvalue weighted by molar-refractivity contribution is -0.139. The second-order valence-corrected chi connectivity index (χ2v) is 7.69. The summed E-state index contributed by atoms with van der Waals surface area (Å²) >= 11 is 0. The van der Waals surface area contributed by atoms with Crippen LogP contribution in [0.25, 0.3) is 0 Å². The lowest BCUT2D eigenvalue weighted by Crippen LogP contribution is -2.55. The molecular weight excluding hydrogens is 296 g/mol. The number of hydrogen-bond donors (Lipinski definition) is 1. The highest BCUT2D eigenvalue weighted by Crippen LogP contribution is 2.26. The van der Waals surface area contributed by atoms with Crippen LogP contribution < -0.4 is 0 Å². The fourth-order valence-electron chi connectivity index (χ4n) is 3.10. The summed E-state index contributed by atoms with van der Waals surface area (Å²) in [6.07, 6.45) is 4.78. The average molecular weight is 320 g/mol. The molecule has 2 fully saturated rings. The van der Waals surface area contributed by atoms with Crippen molar-refractivity contribution in [3.63, 3.8) is 0 Å². The molecule has 1 saturated heterocycles. The van der Waals surface area contributed by atoms with Gasteiger partial charge < -0.3 is 9.84 Å². The highest BCUT2D eigenvalue weighted by molar-refractivity contribution is 7.86. The number of carboxylic acid groups (broad SMARTS) is 1. The zero-order valence-electron chi connectivity index (χ0n) is 12.4. The van der Waals surface area contributed by atoms with Crippen molar-refractivity contribution in [2.75, 3.05) is 26.8 Å². The molecule has 1 heterocycles. The first-order valence-corrected chi connectivity index (χ1v) is 8.87. The van der Waals surface area contributed by atoms with E-state index in [1.54, 1.807) is 7.05 Å². The molecule has 7 nitrogen and oxygen atoms in total. The number of nitrogens with zero attached hydrogens (tertiary/aromatic N) is 2. The first kappa shape index (κ1) is 16.7. The Morgan fingerprint density at radius 1 is 1.33 bits per heavy atom. The zero-order chi connectivity index (χ0) is 15.5. The molecule has 0 aromatic carbocycles. The molecule has 0 radical (unpaired) electrons. The van der Waals surface area contributed by atoms with Crippen molar-refractivity contribution in [3.05, 3.63) is 0 Å². The Morgan fingerprint density at radius 2 is 2.00 bits per heavy atom. The van der Waals surface area contributed by atoms with Crippen molar-refractivity contribution in [1.29, 1.82) is 0 Å². The monoisotopic (exact) mass is 320 g/mol. The van der Waals surface area contributed by atoms with Crippen molar-refractivity contribution in [3.8, 4) is 0 Å². The van der Waals surface area contributed by atoms with E-state index in [2.05, 4.69) is 0 Å². The maximum absolute atomic E-state index is 12.8. The number of hydrogen-bond acceptors (Lipinski definition) is 4. The molecule has 0 bridgehead atoms. The molecule has 1 saturated carbocycles. The molecular formula is C13H24N2O5S. The Balaban J connectivity index is 2.12. The molecule has 1 atom stereocenters. The first-order valence-electron chi connectivity index (χ1n) is 7.47. The second kappa shape index (κ2) is 7.04. The molecule has 122 valence electrons. The quantitative estimate of drug-likeness (QED) is 0.804. The van der Waals surface area contributed by atoms with E-state index < -0.39 is 22.2 Å². The Hall–Kier alpha value is -0.700. The summed E-state index contributed by atoms with van der Waals surface area (Å²) in [6, 6.07) is -0.593. The number of aliphatic carboxylic acids is 1. The average Bonchev–Trinajstić information content (AvgIpc) is 2.47. The van der Waals surface area contributed by atoms with Gasteiger partial charge in [-0.25, -0.2) is 0 Å². The van der Waals surface area contributed by atoms with Gasteiger partial charge in [-0.15, -0.1) is 0 Å². The summed E-state index contributed by atoms with van der Waals surface area (Å²) in [7, 11) is -2.02. The fraction of sp³-hybridized carbons (Fsp3) is 0.923. The van der Waals surface area contributed by atoms with Crippen LogP contribution in [0.5, 0.6) is 0 Å². The molecule has 1 aliphatic heterocycles. The SMILES string of the molecule is CN(C1CCCCC1)S(=O)(=O)N1CCOCC1CC(=O)O. The second-order valence-electron chi connectivity index (χ2n) is 5.75. The van der Waals surface area contributed by atoms with E-state index in [1.807, 2.05) is 0 Å². The van der Waals surface area contributed by atoms with Gasteiger partial charge in [0.05, 0.1) is 25.7 Å². The fourth-order valence-corrected chi connectivity index (χ4v) is 4.84. The number of carboxylic acids is 1. The molecule has 2 aliphatic rings. The molecule has 21 heavy (non-hydrogen) atoms. The molecule has 1 unspecified atom stereocenters. The van der Waals surface area contributed by atoms with Crippen LogP contribution in [0.1, 0.15) is 38.5 Å². The summed E-state index contributed by atoms with van der Waals surface area (Å²) in [5.41, 5.74) is 0. The van der Waals surface area contributed by atoms with Crippen LogP contribution in [0.3, 0.4) is 0 Å². The van der Waals surface area contributed by atoms with Crippen LogP contribution in [0, 0.1) is 0 Å². The van der Waals surface area contributed by atoms with Gasteiger partial charge in [-0.3, -0.25) is 4.79 Å². The maximum Gasteiger partial charge on any atom is 0.305 e. The number of morpholine rings is 1. The summed E-state index contributed by atoms with van der Waals surface area (Å²) < 4.78 is 33.5. The van der Waals surface area contributed by atoms with Gasteiger partial charge in [0.25, 0.3) is 10.2 Å². The third-order valence-corrected chi connectivity index (χ3v) is 6.43. The Morgan fingerprint density at radius 3 is 2.62 bits per heavy atom. The predicted molar refractivity (Wildman–Crippen MR) is 77.1 cm³/mol. The molecule has 0 amide bonds. The van der Waals surface area contributed by atoms with E-state index in [9.17, 15) is 13.2 Å². The van der Waals surface area contributed by atoms with Gasteiger partial charge in [-0.05, 0) is 12.8 Å². The Kier molecular flexibility index (Phi) is 5.59. The third-order valence-electron chi connectivity index (χ3n) is 4.33. The summed E-state index contributed by atoms with van der Waals surface area (Å²) in [5.74, 6) is -1.01. The van der Waals surface area contributed by atoms with Gasteiger partial charge in [-0.1, -0.05) is 19.3 Å². The zero-order valence-corrected chi connectivity index (χ0v) is 13.2. The van der Waals surface area contributed by atoms with E-state index >= 15 is 0 Å². The number of rotatable bonds is 5. The molecule has 0 aromatic heterocycles. The Bertz CT molecular complexity index is 461. The third kappa shape index (κ3) is 3.94.